The second kappa shape index (κ2) is 6.99. The van der Waals surface area contributed by atoms with Crippen LogP contribution >= 0.6 is 0 Å². The zero-order chi connectivity index (χ0) is 19.8. The first kappa shape index (κ1) is 18.0. The first-order valence-corrected chi connectivity index (χ1v) is 9.19. The number of carboxylic acids is 1. The van der Waals surface area contributed by atoms with Crippen LogP contribution in [0.15, 0.2) is 30.7 Å². The Morgan fingerprint density at radius 2 is 1.89 bits per heavy atom. The maximum Gasteiger partial charge on any atom is 0.339 e. The van der Waals surface area contributed by atoms with Gasteiger partial charge in [-0.1, -0.05) is 0 Å². The lowest BCUT2D eigenvalue weighted by Gasteiger charge is -2.24. The quantitative estimate of drug-likeness (QED) is 0.736. The van der Waals surface area contributed by atoms with E-state index < -0.39 is 5.97 Å². The molecule has 3 aromatic rings. The molecule has 0 radical (unpaired) electrons. The lowest BCUT2D eigenvalue weighted by Crippen LogP contribution is -2.36. The Morgan fingerprint density at radius 3 is 2.68 bits per heavy atom. The molecule has 0 saturated carbocycles. The molecule has 4 heterocycles. The van der Waals surface area contributed by atoms with Crippen LogP contribution in [0.1, 0.15) is 32.8 Å². The number of imidazole rings is 1. The summed E-state index contributed by atoms with van der Waals surface area (Å²) in [6, 6.07) is 3.29. The van der Waals surface area contributed by atoms with E-state index in [4.69, 9.17) is 0 Å². The number of aryl methyl sites for hydroxylation is 2. The van der Waals surface area contributed by atoms with Gasteiger partial charge >= 0.3 is 5.97 Å². The molecule has 0 bridgehead atoms. The molecule has 0 aromatic carbocycles. The molecule has 0 unspecified atom stereocenters. The number of nitrogens with zero attached hydrogens (tertiary/aromatic N) is 6. The van der Waals surface area contributed by atoms with E-state index in [1.807, 2.05) is 35.8 Å². The Morgan fingerprint density at radius 1 is 1.07 bits per heavy atom. The third kappa shape index (κ3) is 3.08. The molecule has 1 saturated heterocycles. The molecule has 3 aromatic heterocycles. The average molecular weight is 382 g/mol. The van der Waals surface area contributed by atoms with Crippen LogP contribution in [-0.4, -0.2) is 67.2 Å². The van der Waals surface area contributed by atoms with E-state index in [1.54, 1.807) is 27.7 Å². The summed E-state index contributed by atoms with van der Waals surface area (Å²) in [7, 11) is 1.88. The summed E-state index contributed by atoms with van der Waals surface area (Å²) >= 11 is 0. The summed E-state index contributed by atoms with van der Waals surface area (Å²) in [4.78, 5) is 32.9. The van der Waals surface area contributed by atoms with E-state index in [0.29, 0.717) is 37.6 Å². The average Bonchev–Trinajstić information content (AvgIpc) is 3.15. The number of carboxylic acid groups (broad SMARTS) is 1. The Balaban J connectivity index is 1.56. The molecule has 9 nitrogen and oxygen atoms in total. The highest BCUT2D eigenvalue weighted by molar-refractivity contribution is 6.00. The molecule has 9 heteroatoms. The maximum absolute atomic E-state index is 13.1. The molecule has 1 fully saturated rings. The van der Waals surface area contributed by atoms with Crippen molar-refractivity contribution in [3.63, 3.8) is 0 Å². The van der Waals surface area contributed by atoms with Crippen LogP contribution in [0.5, 0.6) is 0 Å². The van der Waals surface area contributed by atoms with Crippen LogP contribution in [0.3, 0.4) is 0 Å². The molecule has 146 valence electrons. The van der Waals surface area contributed by atoms with Gasteiger partial charge in [0.25, 0.3) is 5.91 Å². The zero-order valence-electron chi connectivity index (χ0n) is 15.9. The minimum absolute atomic E-state index is 0.0608. The zero-order valence-corrected chi connectivity index (χ0v) is 15.9. The van der Waals surface area contributed by atoms with Crippen LogP contribution in [0.2, 0.25) is 0 Å². The highest BCUT2D eigenvalue weighted by atomic mass is 16.4. The Hall–Kier alpha value is -3.36. The van der Waals surface area contributed by atoms with Gasteiger partial charge in [-0.05, 0) is 25.5 Å². The van der Waals surface area contributed by atoms with Gasteiger partial charge in [0.15, 0.2) is 0 Å². The highest BCUT2D eigenvalue weighted by Gasteiger charge is 2.26. The normalized spacial score (nSPS) is 15.1. The number of rotatable bonds is 3. The standard InChI is InChI=1S/C19H22N6O3/c1-13-4-5-14(19(27)28)16(21-13)23-6-3-7-24(10-9-23)18(26)15-12-20-25-11-8-22(2)17(15)25/h4-5,8,11-12H,3,6-7,9-10H2,1-2H3,(H,27,28). The van der Waals surface area contributed by atoms with E-state index in [2.05, 4.69) is 10.1 Å². The number of carbonyl (C=O) groups is 2. The van der Waals surface area contributed by atoms with Gasteiger partial charge in [-0.2, -0.15) is 5.10 Å². The fourth-order valence-electron chi connectivity index (χ4n) is 3.65. The van der Waals surface area contributed by atoms with E-state index in [9.17, 15) is 14.7 Å². The number of aromatic nitrogens is 4. The lowest BCUT2D eigenvalue weighted by atomic mass is 10.2. The molecule has 1 N–H and O–H groups in total. The predicted octanol–water partition coefficient (Wildman–Crippen LogP) is 1.43. The van der Waals surface area contributed by atoms with Crippen LogP contribution in [0, 0.1) is 6.92 Å². The number of fused-ring (bicyclic) bond motifs is 1. The predicted molar refractivity (Wildman–Crippen MR) is 103 cm³/mol. The molecule has 1 aliphatic rings. The summed E-state index contributed by atoms with van der Waals surface area (Å²) in [5.74, 6) is -0.586. The SMILES string of the molecule is Cc1ccc(C(=O)O)c(N2CCCN(C(=O)c3cnn4ccn(C)c34)CC2)n1. The van der Waals surface area contributed by atoms with Crippen molar-refractivity contribution in [1.29, 1.82) is 0 Å². The molecule has 4 rings (SSSR count). The van der Waals surface area contributed by atoms with Gasteiger partial charge in [0.1, 0.15) is 22.6 Å². The molecule has 1 aliphatic heterocycles. The van der Waals surface area contributed by atoms with Gasteiger partial charge < -0.3 is 19.5 Å². The van der Waals surface area contributed by atoms with Crippen molar-refractivity contribution in [1.82, 2.24) is 24.1 Å². The second-order valence-corrected chi connectivity index (χ2v) is 7.00. The van der Waals surface area contributed by atoms with Crippen molar-refractivity contribution in [2.75, 3.05) is 31.1 Å². The number of hydrogen-bond donors (Lipinski definition) is 1. The Bertz CT molecular complexity index is 1050. The summed E-state index contributed by atoms with van der Waals surface area (Å²) in [5.41, 5.74) is 2.29. The largest absolute Gasteiger partial charge is 0.478 e. The van der Waals surface area contributed by atoms with Crippen molar-refractivity contribution in [3.8, 4) is 0 Å². The third-order valence-electron chi connectivity index (χ3n) is 5.09. The van der Waals surface area contributed by atoms with Crippen LogP contribution in [-0.2, 0) is 7.05 Å². The molecular formula is C19H22N6O3. The minimum atomic E-state index is -0.995. The van der Waals surface area contributed by atoms with E-state index in [1.165, 1.54) is 0 Å². The molecule has 28 heavy (non-hydrogen) atoms. The number of hydrogen-bond acceptors (Lipinski definition) is 5. The topological polar surface area (TPSA) is 96.0 Å². The first-order chi connectivity index (χ1) is 13.5. The van der Waals surface area contributed by atoms with E-state index in [0.717, 1.165) is 17.8 Å². The number of pyridine rings is 1. The van der Waals surface area contributed by atoms with Crippen molar-refractivity contribution < 1.29 is 14.7 Å². The van der Waals surface area contributed by atoms with Crippen LogP contribution in [0.25, 0.3) is 5.65 Å². The highest BCUT2D eigenvalue weighted by Crippen LogP contribution is 2.21. The number of carbonyl (C=O) groups excluding carboxylic acids is 1. The van der Waals surface area contributed by atoms with E-state index >= 15 is 0 Å². The van der Waals surface area contributed by atoms with Crippen LogP contribution < -0.4 is 4.90 Å². The summed E-state index contributed by atoms with van der Waals surface area (Å²) in [6.07, 6.45) is 6.01. The summed E-state index contributed by atoms with van der Waals surface area (Å²) < 4.78 is 3.56. The van der Waals surface area contributed by atoms with Gasteiger partial charge in [0, 0.05) is 51.3 Å². The fraction of sp³-hybridized carbons (Fsp3) is 0.368. The Kier molecular flexibility index (Phi) is 4.50. The van der Waals surface area contributed by atoms with E-state index in [-0.39, 0.29) is 11.5 Å². The second-order valence-electron chi connectivity index (χ2n) is 7.00. The molecule has 0 aliphatic carbocycles. The van der Waals surface area contributed by atoms with Gasteiger partial charge in [-0.25, -0.2) is 14.3 Å². The fourth-order valence-corrected chi connectivity index (χ4v) is 3.65. The Labute approximate surface area is 161 Å². The summed E-state index contributed by atoms with van der Waals surface area (Å²) in [5, 5.41) is 13.7. The smallest absolute Gasteiger partial charge is 0.339 e. The van der Waals surface area contributed by atoms with Gasteiger partial charge in [0.2, 0.25) is 0 Å². The van der Waals surface area contributed by atoms with Crippen molar-refractivity contribution >= 4 is 23.3 Å². The van der Waals surface area contributed by atoms with Crippen molar-refractivity contribution in [2.45, 2.75) is 13.3 Å². The van der Waals surface area contributed by atoms with Gasteiger partial charge in [-0.3, -0.25) is 4.79 Å². The van der Waals surface area contributed by atoms with Crippen molar-refractivity contribution in [2.24, 2.45) is 7.05 Å². The molecule has 1 amide bonds. The third-order valence-corrected chi connectivity index (χ3v) is 5.09. The first-order valence-electron chi connectivity index (χ1n) is 9.19. The van der Waals surface area contributed by atoms with Crippen molar-refractivity contribution in [3.05, 3.63) is 47.5 Å². The van der Waals surface area contributed by atoms with Gasteiger partial charge in [-0.15, -0.1) is 0 Å². The summed E-state index contributed by atoms with van der Waals surface area (Å²) in [6.45, 7) is 4.11. The number of anilines is 1. The number of amides is 1. The maximum atomic E-state index is 13.1. The number of aromatic carboxylic acids is 1. The monoisotopic (exact) mass is 382 g/mol. The molecule has 0 spiro atoms. The molecular weight excluding hydrogens is 360 g/mol. The minimum Gasteiger partial charge on any atom is -0.478 e. The van der Waals surface area contributed by atoms with Gasteiger partial charge in [0.05, 0.1) is 6.20 Å². The van der Waals surface area contributed by atoms with Crippen LogP contribution in [0.4, 0.5) is 5.82 Å². The molecule has 0 atom stereocenters. The lowest BCUT2D eigenvalue weighted by molar-refractivity contribution is 0.0695.